The zero-order valence-corrected chi connectivity index (χ0v) is 19.0. The third-order valence-corrected chi connectivity index (χ3v) is 5.16. The van der Waals surface area contributed by atoms with E-state index in [2.05, 4.69) is 6.07 Å². The minimum atomic E-state index is -0.849. The first-order chi connectivity index (χ1) is 15.9. The van der Waals surface area contributed by atoms with Crippen LogP contribution in [-0.2, 0) is 20.9 Å². The van der Waals surface area contributed by atoms with Gasteiger partial charge in [0, 0.05) is 5.56 Å². The number of nitriles is 1. The van der Waals surface area contributed by atoms with Crippen molar-refractivity contribution >= 4 is 5.97 Å². The van der Waals surface area contributed by atoms with E-state index in [0.29, 0.717) is 22.8 Å². The molecule has 2 aromatic carbocycles. The van der Waals surface area contributed by atoms with E-state index < -0.39 is 11.9 Å². The topological polar surface area (TPSA) is 113 Å². The van der Waals surface area contributed by atoms with Crippen LogP contribution in [0.25, 0.3) is 0 Å². The Morgan fingerprint density at radius 3 is 2.61 bits per heavy atom. The molecule has 0 aromatic heterocycles. The SMILES string of the molecule is CCOC(=O)C1=C(C)OC(N)=C(C#N)C1c1cccc(OC)c1OCc1cccc(OC)c1. The van der Waals surface area contributed by atoms with Gasteiger partial charge in [-0.2, -0.15) is 5.26 Å². The molecule has 1 aliphatic heterocycles. The summed E-state index contributed by atoms with van der Waals surface area (Å²) in [6.45, 7) is 3.68. The summed E-state index contributed by atoms with van der Waals surface area (Å²) in [6, 6.07) is 14.8. The predicted molar refractivity (Wildman–Crippen MR) is 120 cm³/mol. The van der Waals surface area contributed by atoms with Crippen LogP contribution in [0.4, 0.5) is 0 Å². The zero-order valence-electron chi connectivity index (χ0n) is 19.0. The third-order valence-electron chi connectivity index (χ3n) is 5.16. The minimum absolute atomic E-state index is 0.0744. The van der Waals surface area contributed by atoms with Gasteiger partial charge in [-0.1, -0.05) is 24.3 Å². The highest BCUT2D eigenvalue weighted by Gasteiger charge is 2.38. The molecule has 0 amide bonds. The van der Waals surface area contributed by atoms with Gasteiger partial charge in [-0.25, -0.2) is 4.79 Å². The van der Waals surface area contributed by atoms with Crippen molar-refractivity contribution in [2.75, 3.05) is 20.8 Å². The molecular formula is C25H26N2O6. The summed E-state index contributed by atoms with van der Waals surface area (Å²) in [6.07, 6.45) is 0. The molecule has 0 spiro atoms. The molecule has 0 fully saturated rings. The lowest BCUT2D eigenvalue weighted by Crippen LogP contribution is -2.26. The van der Waals surface area contributed by atoms with Crippen LogP contribution >= 0.6 is 0 Å². The van der Waals surface area contributed by atoms with E-state index in [1.54, 1.807) is 39.2 Å². The maximum Gasteiger partial charge on any atom is 0.338 e. The molecule has 1 heterocycles. The first kappa shape index (κ1) is 23.5. The van der Waals surface area contributed by atoms with E-state index in [0.717, 1.165) is 5.56 Å². The summed E-state index contributed by atoms with van der Waals surface area (Å²) in [5.41, 5.74) is 7.69. The molecule has 0 bridgehead atoms. The molecule has 1 unspecified atom stereocenters. The number of hydrogen-bond acceptors (Lipinski definition) is 8. The van der Waals surface area contributed by atoms with Crippen molar-refractivity contribution in [3.63, 3.8) is 0 Å². The highest BCUT2D eigenvalue weighted by Crippen LogP contribution is 2.46. The molecule has 33 heavy (non-hydrogen) atoms. The van der Waals surface area contributed by atoms with Crippen molar-refractivity contribution in [3.05, 3.63) is 76.4 Å². The van der Waals surface area contributed by atoms with Crippen molar-refractivity contribution in [1.29, 1.82) is 5.26 Å². The number of carbonyl (C=O) groups is 1. The smallest absolute Gasteiger partial charge is 0.338 e. The molecule has 1 aliphatic rings. The van der Waals surface area contributed by atoms with Gasteiger partial charge < -0.3 is 29.4 Å². The van der Waals surface area contributed by atoms with E-state index in [4.69, 9.17) is 29.4 Å². The molecule has 8 nitrogen and oxygen atoms in total. The first-order valence-corrected chi connectivity index (χ1v) is 10.3. The molecule has 2 N–H and O–H groups in total. The molecule has 8 heteroatoms. The summed E-state index contributed by atoms with van der Waals surface area (Å²) >= 11 is 0. The predicted octanol–water partition coefficient (Wildman–Crippen LogP) is 3.93. The molecule has 0 saturated carbocycles. The fourth-order valence-corrected chi connectivity index (χ4v) is 3.66. The number of ether oxygens (including phenoxy) is 5. The van der Waals surface area contributed by atoms with Gasteiger partial charge in [-0.05, 0) is 37.6 Å². The maximum atomic E-state index is 12.9. The van der Waals surface area contributed by atoms with Crippen LogP contribution in [0.2, 0.25) is 0 Å². The van der Waals surface area contributed by atoms with Gasteiger partial charge in [0.15, 0.2) is 11.5 Å². The highest BCUT2D eigenvalue weighted by molar-refractivity contribution is 5.93. The van der Waals surface area contributed by atoms with Crippen molar-refractivity contribution in [1.82, 2.24) is 0 Å². The number of allylic oxidation sites excluding steroid dienone is 2. The van der Waals surface area contributed by atoms with Crippen LogP contribution < -0.4 is 19.9 Å². The van der Waals surface area contributed by atoms with Gasteiger partial charge in [-0.3, -0.25) is 0 Å². The summed E-state index contributed by atoms with van der Waals surface area (Å²) in [5, 5.41) is 9.86. The van der Waals surface area contributed by atoms with Crippen LogP contribution in [-0.4, -0.2) is 26.8 Å². The van der Waals surface area contributed by atoms with E-state index in [1.165, 1.54) is 7.11 Å². The Kier molecular flexibility index (Phi) is 7.46. The number of rotatable bonds is 8. The number of carbonyl (C=O) groups excluding carboxylic acids is 1. The number of para-hydroxylation sites is 1. The van der Waals surface area contributed by atoms with Gasteiger partial charge in [0.2, 0.25) is 5.88 Å². The largest absolute Gasteiger partial charge is 0.497 e. The first-order valence-electron chi connectivity index (χ1n) is 10.3. The lowest BCUT2D eigenvalue weighted by Gasteiger charge is -2.28. The van der Waals surface area contributed by atoms with Crippen molar-refractivity contribution in [2.24, 2.45) is 5.73 Å². The van der Waals surface area contributed by atoms with Gasteiger partial charge in [0.05, 0.1) is 32.3 Å². The lowest BCUT2D eigenvalue weighted by molar-refractivity contribution is -0.139. The molecule has 0 aliphatic carbocycles. The van der Waals surface area contributed by atoms with Crippen molar-refractivity contribution in [3.8, 4) is 23.3 Å². The van der Waals surface area contributed by atoms with Gasteiger partial charge in [0.1, 0.15) is 29.8 Å². The molecular weight excluding hydrogens is 424 g/mol. The summed E-state index contributed by atoms with van der Waals surface area (Å²) in [7, 11) is 3.11. The summed E-state index contributed by atoms with van der Waals surface area (Å²) < 4.78 is 27.7. The Morgan fingerprint density at radius 1 is 1.18 bits per heavy atom. The number of nitrogens with two attached hydrogens (primary N) is 1. The molecule has 0 saturated heterocycles. The van der Waals surface area contributed by atoms with Gasteiger partial charge in [-0.15, -0.1) is 0 Å². The molecule has 2 aromatic rings. The molecule has 172 valence electrons. The van der Waals surface area contributed by atoms with Crippen LogP contribution in [0.5, 0.6) is 17.2 Å². The lowest BCUT2D eigenvalue weighted by atomic mass is 9.82. The van der Waals surface area contributed by atoms with E-state index in [-0.39, 0.29) is 36.0 Å². The Hall–Kier alpha value is -4.12. The van der Waals surface area contributed by atoms with Crippen molar-refractivity contribution in [2.45, 2.75) is 26.4 Å². The minimum Gasteiger partial charge on any atom is -0.497 e. The standard InChI is InChI=1S/C25H26N2O6/c1-5-31-25(28)21-15(2)33-24(27)19(13-26)22(21)18-10-7-11-20(30-4)23(18)32-14-16-8-6-9-17(12-16)29-3/h6-12,22H,5,14,27H2,1-4H3. The van der Waals surface area contributed by atoms with Gasteiger partial charge in [0.25, 0.3) is 0 Å². The van der Waals surface area contributed by atoms with E-state index in [9.17, 15) is 10.1 Å². The average molecular weight is 450 g/mol. The number of nitrogens with zero attached hydrogens (tertiary/aromatic N) is 1. The zero-order chi connectivity index (χ0) is 24.0. The average Bonchev–Trinajstić information content (AvgIpc) is 2.82. The van der Waals surface area contributed by atoms with E-state index in [1.807, 2.05) is 24.3 Å². The number of hydrogen-bond donors (Lipinski definition) is 1. The van der Waals surface area contributed by atoms with Gasteiger partial charge >= 0.3 is 5.97 Å². The number of methoxy groups -OCH3 is 2. The Balaban J connectivity index is 2.11. The van der Waals surface area contributed by atoms with Crippen LogP contribution in [0.3, 0.4) is 0 Å². The Morgan fingerprint density at radius 2 is 1.94 bits per heavy atom. The Labute approximate surface area is 192 Å². The summed E-state index contributed by atoms with van der Waals surface area (Å²) in [4.78, 5) is 12.9. The normalized spacial score (nSPS) is 15.4. The van der Waals surface area contributed by atoms with E-state index >= 15 is 0 Å². The van der Waals surface area contributed by atoms with Crippen LogP contribution in [0, 0.1) is 11.3 Å². The second-order valence-corrected chi connectivity index (χ2v) is 7.13. The Bertz CT molecular complexity index is 1150. The number of esters is 1. The highest BCUT2D eigenvalue weighted by atomic mass is 16.5. The van der Waals surface area contributed by atoms with Crippen LogP contribution in [0.15, 0.2) is 65.3 Å². The van der Waals surface area contributed by atoms with Crippen molar-refractivity contribution < 1.29 is 28.5 Å². The third kappa shape index (κ3) is 4.88. The van der Waals surface area contributed by atoms with Crippen LogP contribution in [0.1, 0.15) is 30.9 Å². The number of benzene rings is 2. The monoisotopic (exact) mass is 450 g/mol. The second-order valence-electron chi connectivity index (χ2n) is 7.13. The quantitative estimate of drug-likeness (QED) is 0.602. The second kappa shape index (κ2) is 10.5. The fourth-order valence-electron chi connectivity index (χ4n) is 3.66. The molecule has 3 rings (SSSR count). The molecule has 0 radical (unpaired) electrons. The maximum absolute atomic E-state index is 12.9. The fraction of sp³-hybridized carbons (Fsp3) is 0.280. The summed E-state index contributed by atoms with van der Waals surface area (Å²) in [5.74, 6) is 0.265. The molecule has 1 atom stereocenters.